The van der Waals surface area contributed by atoms with Gasteiger partial charge in [-0.15, -0.1) is 0 Å². The molecule has 2 unspecified atom stereocenters. The van der Waals surface area contributed by atoms with Crippen LogP contribution in [0.1, 0.15) is 39.0 Å². The fourth-order valence-electron chi connectivity index (χ4n) is 2.77. The van der Waals surface area contributed by atoms with E-state index in [1.165, 1.54) is 25.7 Å². The Morgan fingerprint density at radius 3 is 2.50 bits per heavy atom. The van der Waals surface area contributed by atoms with Gasteiger partial charge in [-0.1, -0.05) is 12.8 Å². The summed E-state index contributed by atoms with van der Waals surface area (Å²) >= 11 is 0. The van der Waals surface area contributed by atoms with E-state index in [0.717, 1.165) is 18.9 Å². The lowest BCUT2D eigenvalue weighted by Gasteiger charge is -2.33. The van der Waals surface area contributed by atoms with Gasteiger partial charge in [0.05, 0.1) is 6.10 Å². The number of rotatable bonds is 1. The summed E-state index contributed by atoms with van der Waals surface area (Å²) < 4.78 is 5.56. The summed E-state index contributed by atoms with van der Waals surface area (Å²) in [6.45, 7) is 3.00. The summed E-state index contributed by atoms with van der Waals surface area (Å²) in [5.41, 5.74) is 6.39. The maximum atomic E-state index is 6.38. The predicted molar refractivity (Wildman–Crippen MR) is 48.9 cm³/mol. The molecule has 2 atom stereocenters. The average molecular weight is 169 g/mol. The fraction of sp³-hybridized carbons (Fsp3) is 1.00. The Hall–Kier alpha value is -0.0800. The molecule has 0 aromatic heterocycles. The van der Waals surface area contributed by atoms with Crippen molar-refractivity contribution < 1.29 is 4.74 Å². The zero-order valence-corrected chi connectivity index (χ0v) is 7.88. The summed E-state index contributed by atoms with van der Waals surface area (Å²) in [4.78, 5) is 0. The highest BCUT2D eigenvalue weighted by atomic mass is 16.5. The van der Waals surface area contributed by atoms with Crippen LogP contribution in [-0.4, -0.2) is 18.2 Å². The Morgan fingerprint density at radius 2 is 2.00 bits per heavy atom. The summed E-state index contributed by atoms with van der Waals surface area (Å²) in [5, 5.41) is 0. The normalized spacial score (nSPS) is 44.0. The third kappa shape index (κ3) is 1.17. The molecule has 2 rings (SSSR count). The van der Waals surface area contributed by atoms with Crippen LogP contribution in [0.4, 0.5) is 0 Å². The maximum Gasteiger partial charge on any atom is 0.0729 e. The number of hydrogen-bond acceptors (Lipinski definition) is 2. The Labute approximate surface area is 74.5 Å². The van der Waals surface area contributed by atoms with Crippen LogP contribution < -0.4 is 5.73 Å². The summed E-state index contributed by atoms with van der Waals surface area (Å²) in [5.74, 6) is 0.731. The highest BCUT2D eigenvalue weighted by molar-refractivity contribution is 5.01. The summed E-state index contributed by atoms with van der Waals surface area (Å²) in [6, 6.07) is 0. The average Bonchev–Trinajstić information content (AvgIpc) is 2.62. The minimum atomic E-state index is 0.0104. The number of hydrogen-bond donors (Lipinski definition) is 1. The van der Waals surface area contributed by atoms with Gasteiger partial charge in [-0.2, -0.15) is 0 Å². The Bertz CT molecular complexity index is 165. The summed E-state index contributed by atoms with van der Waals surface area (Å²) in [6.07, 6.45) is 6.74. The third-order valence-electron chi connectivity index (χ3n) is 3.78. The van der Waals surface area contributed by atoms with Crippen LogP contribution in [-0.2, 0) is 4.74 Å². The smallest absolute Gasteiger partial charge is 0.0729 e. The van der Waals surface area contributed by atoms with E-state index in [1.807, 2.05) is 0 Å². The molecule has 0 radical (unpaired) electrons. The Balaban J connectivity index is 2.07. The van der Waals surface area contributed by atoms with Crippen LogP contribution in [0, 0.1) is 5.92 Å². The molecule has 1 saturated carbocycles. The number of ether oxygens (including phenoxy) is 1. The molecule has 0 aromatic rings. The predicted octanol–water partition coefficient (Wildman–Crippen LogP) is 1.68. The zero-order chi connectivity index (χ0) is 8.60. The molecular formula is C10H19NO. The van der Waals surface area contributed by atoms with Crippen LogP contribution in [0.25, 0.3) is 0 Å². The van der Waals surface area contributed by atoms with Crippen LogP contribution in [0.3, 0.4) is 0 Å². The van der Waals surface area contributed by atoms with Crippen LogP contribution >= 0.6 is 0 Å². The van der Waals surface area contributed by atoms with Gasteiger partial charge < -0.3 is 10.5 Å². The van der Waals surface area contributed by atoms with Crippen molar-refractivity contribution in [1.29, 1.82) is 0 Å². The van der Waals surface area contributed by atoms with Crippen molar-refractivity contribution in [3.8, 4) is 0 Å². The lowest BCUT2D eigenvalue weighted by atomic mass is 9.79. The van der Waals surface area contributed by atoms with Gasteiger partial charge in [-0.3, -0.25) is 0 Å². The fourth-order valence-corrected chi connectivity index (χ4v) is 2.77. The van der Waals surface area contributed by atoms with Gasteiger partial charge >= 0.3 is 0 Å². The van der Waals surface area contributed by atoms with Gasteiger partial charge in [0.1, 0.15) is 0 Å². The van der Waals surface area contributed by atoms with E-state index in [0.29, 0.717) is 0 Å². The highest BCUT2D eigenvalue weighted by Crippen LogP contribution is 2.40. The molecule has 12 heavy (non-hydrogen) atoms. The lowest BCUT2D eigenvalue weighted by molar-refractivity contribution is 0.0756. The zero-order valence-electron chi connectivity index (χ0n) is 7.88. The Morgan fingerprint density at radius 1 is 1.33 bits per heavy atom. The third-order valence-corrected chi connectivity index (χ3v) is 3.78. The van der Waals surface area contributed by atoms with E-state index in [9.17, 15) is 0 Å². The van der Waals surface area contributed by atoms with Crippen molar-refractivity contribution in [3.63, 3.8) is 0 Å². The molecule has 2 heteroatoms. The monoisotopic (exact) mass is 169 g/mol. The quantitative estimate of drug-likeness (QED) is 0.648. The Kier molecular flexibility index (Phi) is 2.13. The van der Waals surface area contributed by atoms with E-state index >= 15 is 0 Å². The van der Waals surface area contributed by atoms with Crippen LogP contribution in [0.5, 0.6) is 0 Å². The topological polar surface area (TPSA) is 35.2 Å². The first-order valence-electron chi connectivity index (χ1n) is 5.14. The van der Waals surface area contributed by atoms with E-state index in [1.54, 1.807) is 0 Å². The minimum Gasteiger partial charge on any atom is -0.377 e. The second-order valence-electron chi connectivity index (χ2n) is 4.36. The molecule has 1 heterocycles. The molecule has 2 nitrogen and oxygen atoms in total. The van der Waals surface area contributed by atoms with Crippen molar-refractivity contribution in [2.24, 2.45) is 11.7 Å². The molecule has 2 fully saturated rings. The van der Waals surface area contributed by atoms with Crippen molar-refractivity contribution in [3.05, 3.63) is 0 Å². The van der Waals surface area contributed by atoms with Gasteiger partial charge in [0.25, 0.3) is 0 Å². The molecule has 70 valence electrons. The van der Waals surface area contributed by atoms with E-state index < -0.39 is 0 Å². The highest BCUT2D eigenvalue weighted by Gasteiger charge is 2.44. The van der Waals surface area contributed by atoms with Crippen LogP contribution in [0.2, 0.25) is 0 Å². The minimum absolute atomic E-state index is 0.0104. The second-order valence-corrected chi connectivity index (χ2v) is 4.36. The molecular weight excluding hydrogens is 150 g/mol. The first kappa shape index (κ1) is 8.52. The SMILES string of the molecule is CC1OCCC1(N)C1CCCC1. The van der Waals surface area contributed by atoms with E-state index in [-0.39, 0.29) is 11.6 Å². The maximum absolute atomic E-state index is 6.38. The molecule has 0 bridgehead atoms. The number of nitrogens with two attached hydrogens (primary N) is 1. The summed E-state index contributed by atoms with van der Waals surface area (Å²) in [7, 11) is 0. The standard InChI is InChI=1S/C10H19NO/c1-8-10(11,6-7-12-8)9-4-2-3-5-9/h8-9H,2-7,11H2,1H3. The van der Waals surface area contributed by atoms with Gasteiger partial charge in [0, 0.05) is 12.1 Å². The lowest BCUT2D eigenvalue weighted by Crippen LogP contribution is -2.51. The van der Waals surface area contributed by atoms with Gasteiger partial charge in [0.2, 0.25) is 0 Å². The van der Waals surface area contributed by atoms with Crippen molar-refractivity contribution in [2.45, 2.75) is 50.7 Å². The molecule has 1 aliphatic carbocycles. The van der Waals surface area contributed by atoms with Gasteiger partial charge in [-0.05, 0) is 32.1 Å². The van der Waals surface area contributed by atoms with Gasteiger partial charge in [-0.25, -0.2) is 0 Å². The molecule has 0 spiro atoms. The van der Waals surface area contributed by atoms with Crippen molar-refractivity contribution >= 4 is 0 Å². The second kappa shape index (κ2) is 3.00. The molecule has 2 N–H and O–H groups in total. The molecule has 0 aromatic carbocycles. The van der Waals surface area contributed by atoms with E-state index in [2.05, 4.69) is 6.92 Å². The van der Waals surface area contributed by atoms with Crippen molar-refractivity contribution in [1.82, 2.24) is 0 Å². The van der Waals surface area contributed by atoms with Crippen LogP contribution in [0.15, 0.2) is 0 Å². The first-order chi connectivity index (χ1) is 5.73. The van der Waals surface area contributed by atoms with Crippen molar-refractivity contribution in [2.75, 3.05) is 6.61 Å². The van der Waals surface area contributed by atoms with Gasteiger partial charge in [0.15, 0.2) is 0 Å². The molecule has 1 saturated heterocycles. The first-order valence-corrected chi connectivity index (χ1v) is 5.14. The molecule has 2 aliphatic rings. The van der Waals surface area contributed by atoms with E-state index in [4.69, 9.17) is 10.5 Å². The largest absolute Gasteiger partial charge is 0.377 e. The molecule has 1 aliphatic heterocycles. The molecule has 0 amide bonds.